The standard InChI is InChI=1S/C14H13ClFNOS2/c15-13-6-5-12(20-13)8-19-9-14(18)17-7-10-1-3-11(16)4-2-10/h1-6H,7-9H2,(H,17,18). The lowest BCUT2D eigenvalue weighted by Gasteiger charge is -2.05. The summed E-state index contributed by atoms with van der Waals surface area (Å²) >= 11 is 8.91. The number of carbonyl (C=O) groups is 1. The molecule has 0 spiro atoms. The van der Waals surface area contributed by atoms with E-state index in [0.717, 1.165) is 20.5 Å². The van der Waals surface area contributed by atoms with Gasteiger partial charge in [-0.1, -0.05) is 23.7 Å². The molecule has 1 aromatic carbocycles. The molecule has 20 heavy (non-hydrogen) atoms. The fourth-order valence-corrected chi connectivity index (χ4v) is 3.58. The lowest BCUT2D eigenvalue weighted by atomic mass is 10.2. The summed E-state index contributed by atoms with van der Waals surface area (Å²) in [4.78, 5) is 12.8. The minimum atomic E-state index is -0.273. The van der Waals surface area contributed by atoms with E-state index in [1.54, 1.807) is 23.9 Å². The number of thiophene rings is 1. The van der Waals surface area contributed by atoms with Gasteiger partial charge in [0, 0.05) is 17.2 Å². The summed E-state index contributed by atoms with van der Waals surface area (Å²) in [5.74, 6) is 0.880. The van der Waals surface area contributed by atoms with Crippen molar-refractivity contribution in [2.75, 3.05) is 5.75 Å². The highest BCUT2D eigenvalue weighted by Gasteiger charge is 2.04. The number of hydrogen-bond donors (Lipinski definition) is 1. The summed E-state index contributed by atoms with van der Waals surface area (Å²) < 4.78 is 13.5. The van der Waals surface area contributed by atoms with E-state index >= 15 is 0 Å². The summed E-state index contributed by atoms with van der Waals surface area (Å²) in [6, 6.07) is 9.92. The molecule has 0 unspecified atom stereocenters. The summed E-state index contributed by atoms with van der Waals surface area (Å²) in [6.07, 6.45) is 0. The van der Waals surface area contributed by atoms with E-state index in [4.69, 9.17) is 11.6 Å². The first kappa shape index (κ1) is 15.4. The Balaban J connectivity index is 1.66. The van der Waals surface area contributed by atoms with Crippen LogP contribution in [0, 0.1) is 5.82 Å². The van der Waals surface area contributed by atoms with E-state index < -0.39 is 0 Å². The number of benzene rings is 1. The molecule has 2 rings (SSSR count). The van der Waals surface area contributed by atoms with Crippen molar-refractivity contribution < 1.29 is 9.18 Å². The molecule has 6 heteroatoms. The number of nitrogens with one attached hydrogen (secondary N) is 1. The smallest absolute Gasteiger partial charge is 0.230 e. The quantitative estimate of drug-likeness (QED) is 0.864. The first-order chi connectivity index (χ1) is 9.63. The van der Waals surface area contributed by atoms with Crippen molar-refractivity contribution in [1.29, 1.82) is 0 Å². The Morgan fingerprint density at radius 3 is 2.65 bits per heavy atom. The molecule has 0 atom stereocenters. The second kappa shape index (κ2) is 7.67. The summed E-state index contributed by atoms with van der Waals surface area (Å²) in [5.41, 5.74) is 0.884. The van der Waals surface area contributed by atoms with Crippen LogP contribution in [0.15, 0.2) is 36.4 Å². The first-order valence-corrected chi connectivity index (χ1v) is 8.31. The van der Waals surface area contributed by atoms with Crippen LogP contribution in [-0.2, 0) is 17.1 Å². The van der Waals surface area contributed by atoms with Crippen LogP contribution in [-0.4, -0.2) is 11.7 Å². The third-order valence-electron chi connectivity index (χ3n) is 2.51. The Bertz CT molecular complexity index is 571. The van der Waals surface area contributed by atoms with Crippen molar-refractivity contribution in [1.82, 2.24) is 5.32 Å². The highest BCUT2D eigenvalue weighted by atomic mass is 35.5. The highest BCUT2D eigenvalue weighted by Crippen LogP contribution is 2.24. The van der Waals surface area contributed by atoms with Gasteiger partial charge in [-0.05, 0) is 29.8 Å². The Labute approximate surface area is 130 Å². The van der Waals surface area contributed by atoms with Crippen molar-refractivity contribution >= 4 is 40.6 Å². The molecule has 2 nitrogen and oxygen atoms in total. The third kappa shape index (κ3) is 5.15. The van der Waals surface area contributed by atoms with Crippen molar-refractivity contribution in [3.8, 4) is 0 Å². The predicted octanol–water partition coefficient (Wildman–Crippen LogP) is 4.09. The molecule has 0 aliphatic heterocycles. The van der Waals surface area contributed by atoms with Crippen LogP contribution in [0.3, 0.4) is 0 Å². The number of amides is 1. The van der Waals surface area contributed by atoms with Crippen LogP contribution in [0.25, 0.3) is 0 Å². The van der Waals surface area contributed by atoms with Crippen LogP contribution >= 0.6 is 34.7 Å². The van der Waals surface area contributed by atoms with E-state index in [1.807, 2.05) is 12.1 Å². The predicted molar refractivity (Wildman–Crippen MR) is 83.7 cm³/mol. The SMILES string of the molecule is O=C(CSCc1ccc(Cl)s1)NCc1ccc(F)cc1. The maximum Gasteiger partial charge on any atom is 0.230 e. The maximum absolute atomic E-state index is 12.7. The molecule has 1 aromatic heterocycles. The molecule has 1 amide bonds. The molecule has 0 aliphatic carbocycles. The number of rotatable bonds is 6. The van der Waals surface area contributed by atoms with Gasteiger partial charge in [0.05, 0.1) is 10.1 Å². The van der Waals surface area contributed by atoms with Gasteiger partial charge in [-0.15, -0.1) is 23.1 Å². The van der Waals surface area contributed by atoms with Crippen LogP contribution < -0.4 is 5.32 Å². The van der Waals surface area contributed by atoms with E-state index in [0.29, 0.717) is 12.3 Å². The van der Waals surface area contributed by atoms with E-state index in [9.17, 15) is 9.18 Å². The van der Waals surface area contributed by atoms with Gasteiger partial charge in [0.15, 0.2) is 0 Å². The van der Waals surface area contributed by atoms with E-state index in [2.05, 4.69) is 5.32 Å². The summed E-state index contributed by atoms with van der Waals surface area (Å²) in [7, 11) is 0. The number of halogens is 2. The van der Waals surface area contributed by atoms with Crippen molar-refractivity contribution in [3.05, 3.63) is 57.0 Å². The third-order valence-corrected chi connectivity index (χ3v) is 4.90. The van der Waals surface area contributed by atoms with Crippen molar-refractivity contribution in [3.63, 3.8) is 0 Å². The Morgan fingerprint density at radius 2 is 2.00 bits per heavy atom. The lowest BCUT2D eigenvalue weighted by molar-refractivity contribution is -0.118. The van der Waals surface area contributed by atoms with Crippen molar-refractivity contribution in [2.45, 2.75) is 12.3 Å². The zero-order valence-corrected chi connectivity index (χ0v) is 13.0. The molecule has 0 saturated carbocycles. The fourth-order valence-electron chi connectivity index (χ4n) is 1.53. The summed E-state index contributed by atoms with van der Waals surface area (Å²) in [5, 5.41) is 2.81. The largest absolute Gasteiger partial charge is 0.351 e. The highest BCUT2D eigenvalue weighted by molar-refractivity contribution is 7.99. The van der Waals surface area contributed by atoms with Gasteiger partial charge < -0.3 is 5.32 Å². The second-order valence-electron chi connectivity index (χ2n) is 4.10. The number of carbonyl (C=O) groups excluding carboxylic acids is 1. The van der Waals surface area contributed by atoms with Gasteiger partial charge in [-0.3, -0.25) is 4.79 Å². The minimum absolute atomic E-state index is 0.0259. The Morgan fingerprint density at radius 1 is 1.25 bits per heavy atom. The molecule has 0 saturated heterocycles. The average Bonchev–Trinajstić information content (AvgIpc) is 2.84. The number of thioether (sulfide) groups is 1. The lowest BCUT2D eigenvalue weighted by Crippen LogP contribution is -2.24. The van der Waals surface area contributed by atoms with E-state index in [-0.39, 0.29) is 11.7 Å². The summed E-state index contributed by atoms with van der Waals surface area (Å²) in [6.45, 7) is 0.421. The molecule has 0 fully saturated rings. The topological polar surface area (TPSA) is 29.1 Å². The van der Waals surface area contributed by atoms with Crippen LogP contribution in [0.5, 0.6) is 0 Å². The Kier molecular flexibility index (Phi) is 5.88. The molecule has 1 heterocycles. The van der Waals surface area contributed by atoms with E-state index in [1.165, 1.54) is 23.5 Å². The molecule has 2 aromatic rings. The van der Waals surface area contributed by atoms with Crippen LogP contribution in [0.1, 0.15) is 10.4 Å². The molecule has 0 bridgehead atoms. The minimum Gasteiger partial charge on any atom is -0.351 e. The molecule has 0 aliphatic rings. The van der Waals surface area contributed by atoms with Gasteiger partial charge in [0.25, 0.3) is 0 Å². The monoisotopic (exact) mass is 329 g/mol. The van der Waals surface area contributed by atoms with Crippen molar-refractivity contribution in [2.24, 2.45) is 0 Å². The van der Waals surface area contributed by atoms with Gasteiger partial charge >= 0.3 is 0 Å². The normalized spacial score (nSPS) is 10.5. The average molecular weight is 330 g/mol. The fraction of sp³-hybridized carbons (Fsp3) is 0.214. The van der Waals surface area contributed by atoms with Gasteiger partial charge in [-0.25, -0.2) is 4.39 Å². The van der Waals surface area contributed by atoms with Gasteiger partial charge in [-0.2, -0.15) is 0 Å². The second-order valence-corrected chi connectivity index (χ2v) is 6.89. The van der Waals surface area contributed by atoms with Gasteiger partial charge in [0.2, 0.25) is 5.91 Å². The molecular formula is C14H13ClFNOS2. The molecule has 106 valence electrons. The molecule has 0 radical (unpaired) electrons. The zero-order chi connectivity index (χ0) is 14.4. The van der Waals surface area contributed by atoms with Crippen LogP contribution in [0.4, 0.5) is 4.39 Å². The molecule has 1 N–H and O–H groups in total. The first-order valence-electron chi connectivity index (χ1n) is 5.96. The number of hydrogen-bond acceptors (Lipinski definition) is 3. The maximum atomic E-state index is 12.7. The zero-order valence-electron chi connectivity index (χ0n) is 10.6. The Hall–Kier alpha value is -1.04. The van der Waals surface area contributed by atoms with Gasteiger partial charge in [0.1, 0.15) is 5.82 Å². The molecular weight excluding hydrogens is 317 g/mol. The van der Waals surface area contributed by atoms with Crippen LogP contribution in [0.2, 0.25) is 4.34 Å².